The predicted octanol–water partition coefficient (Wildman–Crippen LogP) is 4.11. The number of hydrogen-bond acceptors (Lipinski definition) is 4. The van der Waals surface area contributed by atoms with Crippen molar-refractivity contribution in [2.24, 2.45) is 0 Å². The zero-order valence-corrected chi connectivity index (χ0v) is 18.2. The van der Waals surface area contributed by atoms with Crippen LogP contribution in [0.15, 0.2) is 78.9 Å². The van der Waals surface area contributed by atoms with Crippen LogP contribution in [0.5, 0.6) is 0 Å². The maximum atomic E-state index is 12.1. The molecule has 0 saturated carbocycles. The third-order valence-electron chi connectivity index (χ3n) is 6.40. The van der Waals surface area contributed by atoms with Gasteiger partial charge in [-0.05, 0) is 41.3 Å². The maximum Gasteiger partial charge on any atom is 0.250 e. The van der Waals surface area contributed by atoms with Crippen LogP contribution in [0.1, 0.15) is 22.7 Å². The molecule has 0 bridgehead atoms. The number of ether oxygens (including phenoxy) is 1. The smallest absolute Gasteiger partial charge is 0.250 e. The highest BCUT2D eigenvalue weighted by Crippen LogP contribution is 2.38. The summed E-state index contributed by atoms with van der Waals surface area (Å²) in [6.07, 6.45) is 0.985. The largest absolute Gasteiger partial charge is 0.370 e. The van der Waals surface area contributed by atoms with E-state index in [1.807, 2.05) is 30.3 Å². The molecule has 5 rings (SSSR count). The van der Waals surface area contributed by atoms with Crippen LogP contribution in [0.2, 0.25) is 0 Å². The van der Waals surface area contributed by atoms with Gasteiger partial charge in [0, 0.05) is 37.6 Å². The van der Waals surface area contributed by atoms with E-state index in [1.165, 1.54) is 22.4 Å². The lowest BCUT2D eigenvalue weighted by Gasteiger charge is -2.43. The molecule has 3 aromatic rings. The Kier molecular flexibility index (Phi) is 6.19. The number of nitrogens with one attached hydrogen (secondary N) is 1. The normalized spacial score (nSPS) is 17.6. The van der Waals surface area contributed by atoms with E-state index in [4.69, 9.17) is 4.74 Å². The first-order chi connectivity index (χ1) is 15.8. The number of benzene rings is 3. The summed E-state index contributed by atoms with van der Waals surface area (Å²) in [6.45, 7) is 4.40. The summed E-state index contributed by atoms with van der Waals surface area (Å²) in [7, 11) is 0. The van der Waals surface area contributed by atoms with Gasteiger partial charge in [-0.3, -0.25) is 9.69 Å². The van der Waals surface area contributed by atoms with Crippen molar-refractivity contribution in [1.29, 1.82) is 0 Å². The van der Waals surface area contributed by atoms with Crippen LogP contribution in [0.3, 0.4) is 0 Å². The fourth-order valence-corrected chi connectivity index (χ4v) is 4.84. The number of rotatable bonds is 6. The van der Waals surface area contributed by atoms with Crippen molar-refractivity contribution in [3.63, 3.8) is 0 Å². The van der Waals surface area contributed by atoms with Crippen LogP contribution >= 0.6 is 0 Å². The Bertz CT molecular complexity index is 1070. The minimum absolute atomic E-state index is 0.0779. The highest BCUT2D eigenvalue weighted by molar-refractivity contribution is 5.91. The molecule has 1 amide bonds. The van der Waals surface area contributed by atoms with Gasteiger partial charge in [-0.15, -0.1) is 0 Å². The number of amides is 1. The summed E-state index contributed by atoms with van der Waals surface area (Å²) in [5, 5.41) is 2.86. The zero-order chi connectivity index (χ0) is 21.8. The van der Waals surface area contributed by atoms with Crippen molar-refractivity contribution in [1.82, 2.24) is 4.90 Å². The van der Waals surface area contributed by atoms with Gasteiger partial charge in [0.25, 0.3) is 0 Å². The Morgan fingerprint density at radius 3 is 2.53 bits per heavy atom. The van der Waals surface area contributed by atoms with Crippen LogP contribution in [0.25, 0.3) is 0 Å². The fourth-order valence-electron chi connectivity index (χ4n) is 4.84. The molecule has 1 N–H and O–H groups in total. The quantitative estimate of drug-likeness (QED) is 0.602. The Morgan fingerprint density at radius 1 is 0.906 bits per heavy atom. The van der Waals surface area contributed by atoms with Crippen LogP contribution < -0.4 is 10.2 Å². The number of carbonyl (C=O) groups is 1. The van der Waals surface area contributed by atoms with E-state index in [1.54, 1.807) is 0 Å². The van der Waals surface area contributed by atoms with Gasteiger partial charge in [0.1, 0.15) is 6.61 Å². The first-order valence-electron chi connectivity index (χ1n) is 11.4. The van der Waals surface area contributed by atoms with Crippen molar-refractivity contribution >= 4 is 17.3 Å². The molecule has 1 atom stereocenters. The third-order valence-corrected chi connectivity index (χ3v) is 6.40. The molecule has 3 aromatic carbocycles. The van der Waals surface area contributed by atoms with Gasteiger partial charge in [0.15, 0.2) is 0 Å². The van der Waals surface area contributed by atoms with Gasteiger partial charge in [0.05, 0.1) is 12.6 Å². The molecule has 2 aliphatic heterocycles. The van der Waals surface area contributed by atoms with Gasteiger partial charge in [-0.25, -0.2) is 0 Å². The van der Waals surface area contributed by atoms with Crippen molar-refractivity contribution in [3.05, 3.63) is 95.6 Å². The molecule has 5 nitrogen and oxygen atoms in total. The molecule has 164 valence electrons. The van der Waals surface area contributed by atoms with E-state index >= 15 is 0 Å². The second kappa shape index (κ2) is 9.55. The van der Waals surface area contributed by atoms with E-state index in [0.717, 1.165) is 38.3 Å². The first kappa shape index (κ1) is 20.7. The lowest BCUT2D eigenvalue weighted by Crippen LogP contribution is -2.49. The molecule has 1 saturated heterocycles. The predicted molar refractivity (Wildman–Crippen MR) is 128 cm³/mol. The van der Waals surface area contributed by atoms with E-state index in [9.17, 15) is 4.79 Å². The standard InChI is InChI=1S/C27H29N3O2/c31-27(28-23-10-2-1-3-11-23)20-32-17-16-29-14-15-30-25-13-7-5-9-22(25)18-21-8-4-6-12-24(21)26(30)19-29/h1-13,26H,14-20H2,(H,28,31). The molecule has 2 aliphatic rings. The molecule has 1 unspecified atom stereocenters. The van der Waals surface area contributed by atoms with Crippen LogP contribution in [-0.2, 0) is 16.0 Å². The molecule has 2 heterocycles. The number of fused-ring (bicyclic) bond motifs is 5. The summed E-state index contributed by atoms with van der Waals surface area (Å²) in [5.41, 5.74) is 6.41. The number of piperazine rings is 1. The van der Waals surface area contributed by atoms with Crippen molar-refractivity contribution < 1.29 is 9.53 Å². The minimum Gasteiger partial charge on any atom is -0.370 e. The first-order valence-corrected chi connectivity index (χ1v) is 11.4. The summed E-state index contributed by atoms with van der Waals surface area (Å²) >= 11 is 0. The molecular formula is C27H29N3O2. The lowest BCUT2D eigenvalue weighted by molar-refractivity contribution is -0.120. The Hall–Kier alpha value is -3.15. The molecule has 32 heavy (non-hydrogen) atoms. The van der Waals surface area contributed by atoms with Gasteiger partial charge in [-0.2, -0.15) is 0 Å². The van der Waals surface area contributed by atoms with Gasteiger partial charge in [-0.1, -0.05) is 60.7 Å². The Labute approximate surface area is 189 Å². The molecule has 0 aliphatic carbocycles. The molecule has 0 aromatic heterocycles. The highest BCUT2D eigenvalue weighted by atomic mass is 16.5. The van der Waals surface area contributed by atoms with E-state index < -0.39 is 0 Å². The van der Waals surface area contributed by atoms with Crippen LogP contribution in [0.4, 0.5) is 11.4 Å². The molecule has 0 spiro atoms. The van der Waals surface area contributed by atoms with Gasteiger partial charge < -0.3 is 15.0 Å². The highest BCUT2D eigenvalue weighted by Gasteiger charge is 2.32. The van der Waals surface area contributed by atoms with Crippen molar-refractivity contribution in [2.45, 2.75) is 12.5 Å². The SMILES string of the molecule is O=C(COCCN1CCN2c3ccccc3Cc3ccccc3C2C1)Nc1ccccc1. The zero-order valence-electron chi connectivity index (χ0n) is 18.2. The number of para-hydroxylation sites is 2. The fraction of sp³-hybridized carbons (Fsp3) is 0.296. The lowest BCUT2D eigenvalue weighted by atomic mass is 9.96. The summed E-state index contributed by atoms with van der Waals surface area (Å²) < 4.78 is 5.69. The average Bonchev–Trinajstić information content (AvgIpc) is 2.97. The minimum atomic E-state index is -0.115. The number of nitrogens with zero attached hydrogens (tertiary/aromatic N) is 2. The van der Waals surface area contributed by atoms with Gasteiger partial charge >= 0.3 is 0 Å². The maximum absolute atomic E-state index is 12.1. The number of anilines is 2. The summed E-state index contributed by atoms with van der Waals surface area (Å²) in [6, 6.07) is 27.5. The third kappa shape index (κ3) is 4.54. The monoisotopic (exact) mass is 427 g/mol. The Balaban J connectivity index is 1.19. The summed E-state index contributed by atoms with van der Waals surface area (Å²) in [4.78, 5) is 17.1. The van der Waals surface area contributed by atoms with Crippen molar-refractivity contribution in [3.8, 4) is 0 Å². The second-order valence-electron chi connectivity index (χ2n) is 8.48. The second-order valence-corrected chi connectivity index (χ2v) is 8.48. The van der Waals surface area contributed by atoms with E-state index in [-0.39, 0.29) is 12.5 Å². The van der Waals surface area contributed by atoms with E-state index in [0.29, 0.717) is 12.6 Å². The van der Waals surface area contributed by atoms with Crippen LogP contribution in [-0.4, -0.2) is 50.2 Å². The number of carbonyl (C=O) groups excluding carboxylic acids is 1. The molecular weight excluding hydrogens is 398 g/mol. The Morgan fingerprint density at radius 2 is 1.66 bits per heavy atom. The molecule has 5 heteroatoms. The van der Waals surface area contributed by atoms with Crippen molar-refractivity contribution in [2.75, 3.05) is 49.6 Å². The summed E-state index contributed by atoms with van der Waals surface area (Å²) in [5.74, 6) is -0.115. The topological polar surface area (TPSA) is 44.8 Å². The molecule has 1 fully saturated rings. The molecule has 0 radical (unpaired) electrons. The number of hydrogen-bond donors (Lipinski definition) is 1. The van der Waals surface area contributed by atoms with Crippen LogP contribution in [0, 0.1) is 0 Å². The van der Waals surface area contributed by atoms with E-state index in [2.05, 4.69) is 63.6 Å². The van der Waals surface area contributed by atoms with Gasteiger partial charge in [0.2, 0.25) is 5.91 Å². The average molecular weight is 428 g/mol.